The quantitative estimate of drug-likeness (QED) is 0.651. The van der Waals surface area contributed by atoms with E-state index in [1.54, 1.807) is 0 Å². The standard InChI is InChI=1S/C11H9FO4S/c1-2-3-6-17(15,16)8-4-5-10(12)9(7-8)11(13)14/h1,4-5,7H,3,6H2,(H,13,14). The van der Waals surface area contributed by atoms with Crippen molar-refractivity contribution in [1.82, 2.24) is 0 Å². The monoisotopic (exact) mass is 256 g/mol. The highest BCUT2D eigenvalue weighted by Crippen LogP contribution is 2.17. The Balaban J connectivity index is 3.21. The van der Waals surface area contributed by atoms with E-state index >= 15 is 0 Å². The van der Waals surface area contributed by atoms with Crippen LogP contribution in [-0.4, -0.2) is 25.2 Å². The molecule has 0 atom stereocenters. The van der Waals surface area contributed by atoms with Gasteiger partial charge in [0.05, 0.1) is 16.2 Å². The maximum atomic E-state index is 13.1. The molecule has 1 aromatic rings. The number of carboxylic acid groups (broad SMARTS) is 1. The number of terminal acetylenes is 1. The predicted octanol–water partition coefficient (Wildman–Crippen LogP) is 1.32. The SMILES string of the molecule is C#CCCS(=O)(=O)c1ccc(F)c(C(=O)O)c1. The number of rotatable bonds is 4. The minimum Gasteiger partial charge on any atom is -0.478 e. The van der Waals surface area contributed by atoms with Gasteiger partial charge in [-0.05, 0) is 18.2 Å². The van der Waals surface area contributed by atoms with Gasteiger partial charge >= 0.3 is 5.97 Å². The number of carboxylic acids is 1. The van der Waals surface area contributed by atoms with Crippen LogP contribution in [0.1, 0.15) is 16.8 Å². The lowest BCUT2D eigenvalue weighted by atomic mass is 10.2. The van der Waals surface area contributed by atoms with Gasteiger partial charge in [-0.2, -0.15) is 0 Å². The Kier molecular flexibility index (Phi) is 3.86. The highest BCUT2D eigenvalue weighted by Gasteiger charge is 2.18. The van der Waals surface area contributed by atoms with Crippen LogP contribution in [0.3, 0.4) is 0 Å². The molecule has 1 N–H and O–H groups in total. The average molecular weight is 256 g/mol. The van der Waals surface area contributed by atoms with Crippen molar-refractivity contribution in [2.45, 2.75) is 11.3 Å². The first kappa shape index (κ1) is 13.2. The molecule has 90 valence electrons. The van der Waals surface area contributed by atoms with Gasteiger partial charge in [-0.25, -0.2) is 17.6 Å². The molecule has 6 heteroatoms. The molecule has 0 aliphatic rings. The zero-order valence-electron chi connectivity index (χ0n) is 8.68. The second-order valence-electron chi connectivity index (χ2n) is 3.22. The molecule has 0 amide bonds. The smallest absolute Gasteiger partial charge is 0.338 e. The molecule has 0 aliphatic heterocycles. The van der Waals surface area contributed by atoms with E-state index < -0.39 is 27.2 Å². The second kappa shape index (κ2) is 4.97. The summed E-state index contributed by atoms with van der Waals surface area (Å²) in [5.74, 6) is -0.620. The van der Waals surface area contributed by atoms with E-state index in [4.69, 9.17) is 11.5 Å². The van der Waals surface area contributed by atoms with Crippen molar-refractivity contribution < 1.29 is 22.7 Å². The van der Waals surface area contributed by atoms with E-state index in [1.165, 1.54) is 0 Å². The first-order valence-corrected chi connectivity index (χ1v) is 6.23. The van der Waals surface area contributed by atoms with Gasteiger partial charge in [0.2, 0.25) is 0 Å². The van der Waals surface area contributed by atoms with E-state index in [2.05, 4.69) is 5.92 Å². The van der Waals surface area contributed by atoms with Gasteiger partial charge in [0, 0.05) is 6.42 Å². The maximum absolute atomic E-state index is 13.1. The van der Waals surface area contributed by atoms with Crippen LogP contribution >= 0.6 is 0 Å². The molecule has 0 radical (unpaired) electrons. The lowest BCUT2D eigenvalue weighted by Gasteiger charge is -2.04. The van der Waals surface area contributed by atoms with Crippen molar-refractivity contribution in [2.75, 3.05) is 5.75 Å². The lowest BCUT2D eigenvalue weighted by Crippen LogP contribution is -2.09. The second-order valence-corrected chi connectivity index (χ2v) is 5.33. The number of carbonyl (C=O) groups is 1. The average Bonchev–Trinajstić information content (AvgIpc) is 2.26. The number of hydrogen-bond acceptors (Lipinski definition) is 3. The molecule has 0 saturated heterocycles. The number of hydrogen-bond donors (Lipinski definition) is 1. The summed E-state index contributed by atoms with van der Waals surface area (Å²) < 4.78 is 36.4. The van der Waals surface area contributed by atoms with E-state index in [-0.39, 0.29) is 17.1 Å². The molecule has 0 aliphatic carbocycles. The molecule has 0 fully saturated rings. The Morgan fingerprint density at radius 1 is 1.47 bits per heavy atom. The van der Waals surface area contributed by atoms with E-state index in [0.29, 0.717) is 0 Å². The summed E-state index contributed by atoms with van der Waals surface area (Å²) in [7, 11) is -3.67. The molecular formula is C11H9FO4S. The van der Waals surface area contributed by atoms with Gasteiger partial charge in [0.25, 0.3) is 0 Å². The zero-order valence-corrected chi connectivity index (χ0v) is 9.50. The molecule has 0 aromatic heterocycles. The Morgan fingerprint density at radius 3 is 2.65 bits per heavy atom. The van der Waals surface area contributed by atoms with Gasteiger partial charge in [0.1, 0.15) is 5.82 Å². The first-order chi connectivity index (χ1) is 7.88. The van der Waals surface area contributed by atoms with Gasteiger partial charge in [0.15, 0.2) is 9.84 Å². The fraction of sp³-hybridized carbons (Fsp3) is 0.182. The van der Waals surface area contributed by atoms with Gasteiger partial charge < -0.3 is 5.11 Å². The van der Waals surface area contributed by atoms with Crippen LogP contribution in [0, 0.1) is 18.2 Å². The van der Waals surface area contributed by atoms with Crippen molar-refractivity contribution >= 4 is 15.8 Å². The summed E-state index contributed by atoms with van der Waals surface area (Å²) >= 11 is 0. The molecular weight excluding hydrogens is 247 g/mol. The molecule has 17 heavy (non-hydrogen) atoms. The third-order valence-corrected chi connectivity index (χ3v) is 3.76. The minimum atomic E-state index is -3.67. The van der Waals surface area contributed by atoms with Crippen LogP contribution in [0.15, 0.2) is 23.1 Å². The number of halogens is 1. The highest BCUT2D eigenvalue weighted by molar-refractivity contribution is 7.91. The lowest BCUT2D eigenvalue weighted by molar-refractivity contribution is 0.0691. The van der Waals surface area contributed by atoms with Crippen molar-refractivity contribution in [2.24, 2.45) is 0 Å². The molecule has 0 saturated carbocycles. The van der Waals surface area contributed by atoms with E-state index in [9.17, 15) is 17.6 Å². The first-order valence-electron chi connectivity index (χ1n) is 4.57. The molecule has 1 aromatic carbocycles. The third kappa shape index (κ3) is 3.04. The normalized spacial score (nSPS) is 10.8. The molecule has 0 heterocycles. The number of sulfone groups is 1. The summed E-state index contributed by atoms with van der Waals surface area (Å²) in [5.41, 5.74) is -0.674. The Morgan fingerprint density at radius 2 is 2.12 bits per heavy atom. The van der Waals surface area contributed by atoms with Crippen molar-refractivity contribution in [3.8, 4) is 12.3 Å². The molecule has 4 nitrogen and oxygen atoms in total. The van der Waals surface area contributed by atoms with Crippen molar-refractivity contribution in [1.29, 1.82) is 0 Å². The summed E-state index contributed by atoms with van der Waals surface area (Å²) in [6, 6.07) is 2.63. The minimum absolute atomic E-state index is 0.0160. The third-order valence-electron chi connectivity index (χ3n) is 2.04. The van der Waals surface area contributed by atoms with Crippen LogP contribution in [0.5, 0.6) is 0 Å². The van der Waals surface area contributed by atoms with E-state index in [0.717, 1.165) is 18.2 Å². The van der Waals surface area contributed by atoms with Crippen molar-refractivity contribution in [3.63, 3.8) is 0 Å². The summed E-state index contributed by atoms with van der Waals surface area (Å²) in [6.07, 6.45) is 4.96. The highest BCUT2D eigenvalue weighted by atomic mass is 32.2. The molecule has 1 rings (SSSR count). The summed E-state index contributed by atoms with van der Waals surface area (Å²) in [6.45, 7) is 0. The Labute approximate surface area is 98.0 Å². The largest absolute Gasteiger partial charge is 0.478 e. The fourth-order valence-electron chi connectivity index (χ4n) is 1.17. The summed E-state index contributed by atoms with van der Waals surface area (Å²) in [4.78, 5) is 10.4. The van der Waals surface area contributed by atoms with Crippen LogP contribution in [0.4, 0.5) is 4.39 Å². The topological polar surface area (TPSA) is 71.4 Å². The van der Waals surface area contributed by atoms with Gasteiger partial charge in [-0.1, -0.05) is 0 Å². The number of aromatic carboxylic acids is 1. The van der Waals surface area contributed by atoms with Gasteiger partial charge in [-0.3, -0.25) is 0 Å². The van der Waals surface area contributed by atoms with Gasteiger partial charge in [-0.15, -0.1) is 12.3 Å². The van der Waals surface area contributed by atoms with Crippen molar-refractivity contribution in [3.05, 3.63) is 29.6 Å². The zero-order chi connectivity index (χ0) is 13.1. The maximum Gasteiger partial charge on any atom is 0.338 e. The van der Waals surface area contributed by atoms with Crippen LogP contribution in [0.2, 0.25) is 0 Å². The molecule has 0 spiro atoms. The summed E-state index contributed by atoms with van der Waals surface area (Å²) in [5, 5.41) is 8.66. The Bertz CT molecular complexity index is 584. The molecule has 0 unspecified atom stereocenters. The van der Waals surface area contributed by atoms with Crippen LogP contribution < -0.4 is 0 Å². The van der Waals surface area contributed by atoms with Crippen LogP contribution in [-0.2, 0) is 9.84 Å². The van der Waals surface area contributed by atoms with E-state index in [1.807, 2.05) is 0 Å². The molecule has 0 bridgehead atoms. The Hall–Kier alpha value is -1.87. The van der Waals surface area contributed by atoms with Crippen LogP contribution in [0.25, 0.3) is 0 Å². The number of benzene rings is 1. The predicted molar refractivity (Wildman–Crippen MR) is 58.9 cm³/mol. The fourth-order valence-corrected chi connectivity index (χ4v) is 2.37.